The molecule has 0 saturated heterocycles. The number of fused-ring (bicyclic) bond motifs is 1. The molecule has 1 aromatic carbocycles. The summed E-state index contributed by atoms with van der Waals surface area (Å²) in [4.78, 5) is 0. The molecule has 0 aromatic heterocycles. The molecule has 4 rings (SSSR count). The van der Waals surface area contributed by atoms with Gasteiger partial charge in [-0.3, -0.25) is 0 Å². The lowest BCUT2D eigenvalue weighted by Crippen LogP contribution is -2.40. The molecular weight excluding hydrogens is 386 g/mol. The largest absolute Gasteiger partial charge is 0.394 e. The molecule has 0 bridgehead atoms. The number of aliphatic hydroxyl groups excluding tert-OH is 1. The summed E-state index contributed by atoms with van der Waals surface area (Å²) >= 11 is 2.19. The minimum absolute atomic E-state index is 0.113. The van der Waals surface area contributed by atoms with E-state index in [-0.39, 0.29) is 12.1 Å². The van der Waals surface area contributed by atoms with Gasteiger partial charge in [0, 0.05) is 5.54 Å². The van der Waals surface area contributed by atoms with Crippen LogP contribution in [0.5, 0.6) is 0 Å². The van der Waals surface area contributed by atoms with Crippen molar-refractivity contribution in [2.75, 3.05) is 18.1 Å². The maximum Gasteiger partial charge on any atom is 0.0611 e. The number of aryl methyl sites for hydroxylation is 1. The maximum atomic E-state index is 9.57. The maximum absolute atomic E-state index is 9.57. The van der Waals surface area contributed by atoms with Gasteiger partial charge in [0.1, 0.15) is 0 Å². The third kappa shape index (κ3) is 5.53. The first-order chi connectivity index (χ1) is 14.4. The highest BCUT2D eigenvalue weighted by atomic mass is 32.2. The minimum Gasteiger partial charge on any atom is -0.394 e. The van der Waals surface area contributed by atoms with E-state index >= 15 is 0 Å². The van der Waals surface area contributed by atoms with Gasteiger partial charge in [-0.05, 0) is 116 Å². The summed E-state index contributed by atoms with van der Waals surface area (Å²) in [5, 5.41) is 9.57. The van der Waals surface area contributed by atoms with Crippen LogP contribution in [-0.2, 0) is 12.8 Å². The van der Waals surface area contributed by atoms with Crippen LogP contribution in [0.2, 0.25) is 0 Å². The topological polar surface area (TPSA) is 46.2 Å². The standard InChI is InChI=1S/C27H41NOS/c1-19-11-20(2)13-21(12-19)8-10-30-17-22-3-4-24-15-25(6-5-23(24)14-22)26-7-9-27(28,16-26)18-29/h5-6,15,20-22,26,29H,1,3-4,7-14,16-18,28H2,2H3/t20?,21?,22-,26+,27-/m1/s1. The van der Waals surface area contributed by atoms with E-state index in [0.717, 1.165) is 37.0 Å². The molecule has 1 aromatic rings. The normalized spacial score (nSPS) is 34.2. The van der Waals surface area contributed by atoms with Gasteiger partial charge in [0.15, 0.2) is 0 Å². The zero-order valence-electron chi connectivity index (χ0n) is 18.9. The van der Waals surface area contributed by atoms with Crippen LogP contribution in [0.3, 0.4) is 0 Å². The second-order valence-corrected chi connectivity index (χ2v) is 12.0. The average molecular weight is 428 g/mol. The zero-order valence-corrected chi connectivity index (χ0v) is 19.7. The third-order valence-electron chi connectivity index (χ3n) is 7.96. The van der Waals surface area contributed by atoms with Crippen LogP contribution in [0.15, 0.2) is 30.4 Å². The highest BCUT2D eigenvalue weighted by Crippen LogP contribution is 2.41. The van der Waals surface area contributed by atoms with Gasteiger partial charge in [-0.1, -0.05) is 37.3 Å². The van der Waals surface area contributed by atoms with Gasteiger partial charge in [-0.25, -0.2) is 0 Å². The molecule has 2 saturated carbocycles. The predicted octanol–water partition coefficient (Wildman–Crippen LogP) is 5.86. The van der Waals surface area contributed by atoms with Crippen molar-refractivity contribution in [2.24, 2.45) is 23.5 Å². The van der Waals surface area contributed by atoms with E-state index in [2.05, 4.69) is 43.5 Å². The van der Waals surface area contributed by atoms with Crippen molar-refractivity contribution in [1.29, 1.82) is 0 Å². The number of allylic oxidation sites excluding steroid dienone is 1. The average Bonchev–Trinajstić information content (AvgIpc) is 3.13. The first kappa shape index (κ1) is 22.4. The van der Waals surface area contributed by atoms with Gasteiger partial charge in [-0.2, -0.15) is 11.8 Å². The number of rotatable bonds is 7. The number of benzene rings is 1. The van der Waals surface area contributed by atoms with Crippen LogP contribution in [-0.4, -0.2) is 28.8 Å². The Kier molecular flexibility index (Phi) is 7.32. The summed E-state index contributed by atoms with van der Waals surface area (Å²) in [6, 6.07) is 7.20. The summed E-state index contributed by atoms with van der Waals surface area (Å²) in [5.74, 6) is 5.73. The molecule has 5 atom stereocenters. The lowest BCUT2D eigenvalue weighted by atomic mass is 9.79. The third-order valence-corrected chi connectivity index (χ3v) is 9.20. The fourth-order valence-corrected chi connectivity index (χ4v) is 7.56. The Labute approximate surface area is 188 Å². The molecule has 3 heteroatoms. The summed E-state index contributed by atoms with van der Waals surface area (Å²) in [7, 11) is 0. The Morgan fingerprint density at radius 2 is 2.03 bits per heavy atom. The molecule has 2 nitrogen and oxygen atoms in total. The van der Waals surface area contributed by atoms with Gasteiger partial charge in [-0.15, -0.1) is 0 Å². The van der Waals surface area contributed by atoms with E-state index in [1.54, 1.807) is 11.1 Å². The zero-order chi connectivity index (χ0) is 21.1. The van der Waals surface area contributed by atoms with E-state index in [4.69, 9.17) is 5.73 Å². The monoisotopic (exact) mass is 427 g/mol. The van der Waals surface area contributed by atoms with Gasteiger partial charge >= 0.3 is 0 Å². The van der Waals surface area contributed by atoms with Crippen LogP contribution in [0, 0.1) is 17.8 Å². The van der Waals surface area contributed by atoms with Crippen LogP contribution < -0.4 is 5.73 Å². The molecule has 0 amide bonds. The molecule has 166 valence electrons. The molecule has 3 N–H and O–H groups in total. The van der Waals surface area contributed by atoms with Crippen LogP contribution >= 0.6 is 11.8 Å². The Morgan fingerprint density at radius 3 is 2.80 bits per heavy atom. The second kappa shape index (κ2) is 9.79. The van der Waals surface area contributed by atoms with Crippen LogP contribution in [0.4, 0.5) is 0 Å². The Balaban J connectivity index is 1.23. The van der Waals surface area contributed by atoms with E-state index in [1.807, 2.05) is 0 Å². The number of thioether (sulfide) groups is 1. The number of hydrogen-bond donors (Lipinski definition) is 2. The van der Waals surface area contributed by atoms with E-state index in [9.17, 15) is 5.11 Å². The number of aliphatic hydroxyl groups is 1. The van der Waals surface area contributed by atoms with E-state index in [1.165, 1.54) is 67.6 Å². The van der Waals surface area contributed by atoms with Crippen LogP contribution in [0.25, 0.3) is 0 Å². The Morgan fingerprint density at radius 1 is 1.17 bits per heavy atom. The highest BCUT2D eigenvalue weighted by Gasteiger charge is 2.36. The summed E-state index contributed by atoms with van der Waals surface area (Å²) in [6.45, 7) is 6.76. The lowest BCUT2D eigenvalue weighted by Gasteiger charge is -2.29. The first-order valence-corrected chi connectivity index (χ1v) is 13.4. The SMILES string of the molecule is C=C1CC(C)CC(CCSC[C@@H]2CCc3cc([C@H]4CC[C@](N)(CO)C4)ccc3C2)C1. The van der Waals surface area contributed by atoms with E-state index in [0.29, 0.717) is 5.92 Å². The molecule has 0 aliphatic heterocycles. The second-order valence-electron chi connectivity index (χ2n) is 10.8. The molecule has 2 fully saturated rings. The Bertz CT molecular complexity index is 746. The van der Waals surface area contributed by atoms with Gasteiger partial charge in [0.2, 0.25) is 0 Å². The van der Waals surface area contributed by atoms with Gasteiger partial charge < -0.3 is 10.8 Å². The predicted molar refractivity (Wildman–Crippen MR) is 130 cm³/mol. The smallest absolute Gasteiger partial charge is 0.0611 e. The molecular formula is C27H41NOS. The van der Waals surface area contributed by atoms with Gasteiger partial charge in [0.05, 0.1) is 6.61 Å². The molecule has 3 aliphatic rings. The van der Waals surface area contributed by atoms with Crippen molar-refractivity contribution in [3.05, 3.63) is 47.0 Å². The van der Waals surface area contributed by atoms with Crippen molar-refractivity contribution < 1.29 is 5.11 Å². The molecule has 0 spiro atoms. The molecule has 30 heavy (non-hydrogen) atoms. The molecule has 0 radical (unpaired) electrons. The number of hydrogen-bond acceptors (Lipinski definition) is 3. The van der Waals surface area contributed by atoms with Crippen molar-refractivity contribution in [2.45, 2.75) is 82.6 Å². The first-order valence-electron chi connectivity index (χ1n) is 12.2. The lowest BCUT2D eigenvalue weighted by molar-refractivity contribution is 0.198. The van der Waals surface area contributed by atoms with E-state index < -0.39 is 0 Å². The van der Waals surface area contributed by atoms with Crippen molar-refractivity contribution >= 4 is 11.8 Å². The van der Waals surface area contributed by atoms with Crippen molar-refractivity contribution in [3.8, 4) is 0 Å². The molecule has 2 unspecified atom stereocenters. The highest BCUT2D eigenvalue weighted by molar-refractivity contribution is 7.99. The minimum atomic E-state index is -0.355. The fraction of sp³-hybridized carbons (Fsp3) is 0.704. The summed E-state index contributed by atoms with van der Waals surface area (Å²) in [6.07, 6.45) is 12.1. The van der Waals surface area contributed by atoms with Crippen LogP contribution in [0.1, 0.15) is 80.9 Å². The quantitative estimate of drug-likeness (QED) is 0.423. The summed E-state index contributed by atoms with van der Waals surface area (Å²) in [5.41, 5.74) is 12.0. The van der Waals surface area contributed by atoms with Crippen molar-refractivity contribution in [1.82, 2.24) is 0 Å². The van der Waals surface area contributed by atoms with Crippen molar-refractivity contribution in [3.63, 3.8) is 0 Å². The van der Waals surface area contributed by atoms with Gasteiger partial charge in [0.25, 0.3) is 0 Å². The fourth-order valence-electron chi connectivity index (χ4n) is 6.27. The summed E-state index contributed by atoms with van der Waals surface area (Å²) < 4.78 is 0. The molecule has 0 heterocycles. The molecule has 3 aliphatic carbocycles. The number of nitrogens with two attached hydrogens (primary N) is 1. The Hall–Kier alpha value is -0.770.